The number of rotatable bonds is 6. The van der Waals surface area contributed by atoms with Crippen molar-refractivity contribution < 1.29 is 14.3 Å². The summed E-state index contributed by atoms with van der Waals surface area (Å²) in [4.78, 5) is 20.0. The molecule has 0 saturated carbocycles. The Labute approximate surface area is 162 Å². The number of ether oxygens (including phenoxy) is 2. The van der Waals surface area contributed by atoms with Gasteiger partial charge in [-0.2, -0.15) is 0 Å². The lowest BCUT2D eigenvalue weighted by molar-refractivity contribution is -0.114. The number of nitrogen functional groups attached to an aromatic ring is 1. The van der Waals surface area contributed by atoms with E-state index in [1.165, 1.54) is 6.92 Å². The number of nitrogens with one attached hydrogen (secondary N) is 2. The molecule has 0 aliphatic heterocycles. The number of nitrogens with two attached hydrogens (primary N) is 1. The molecule has 0 unspecified atom stereocenters. The first kappa shape index (κ1) is 19.0. The number of anilines is 4. The Hall–Kier alpha value is -3.81. The molecule has 1 heterocycles. The lowest BCUT2D eigenvalue weighted by Crippen LogP contribution is -2.08. The van der Waals surface area contributed by atoms with Crippen molar-refractivity contribution in [2.24, 2.45) is 0 Å². The van der Waals surface area contributed by atoms with Gasteiger partial charge >= 0.3 is 0 Å². The second-order valence-electron chi connectivity index (χ2n) is 5.94. The second kappa shape index (κ2) is 8.26. The van der Waals surface area contributed by atoms with E-state index in [2.05, 4.69) is 20.6 Å². The third-order valence-corrected chi connectivity index (χ3v) is 3.95. The van der Waals surface area contributed by atoms with Crippen molar-refractivity contribution in [1.29, 1.82) is 0 Å². The standard InChI is InChI=1S/C20H21N5O3/c1-12(26)23-17-6-4-13(10-15(17)21)16-8-9-22-20(25-16)24-14-5-7-18(27-2)19(11-14)28-3/h4-11H,21H2,1-3H3,(H,23,26)(H,22,24,25). The number of nitrogens with zero attached hydrogens (tertiary/aromatic N) is 2. The number of hydrogen-bond donors (Lipinski definition) is 3. The highest BCUT2D eigenvalue weighted by Crippen LogP contribution is 2.31. The lowest BCUT2D eigenvalue weighted by Gasteiger charge is -2.11. The molecule has 0 atom stereocenters. The van der Waals surface area contributed by atoms with E-state index in [-0.39, 0.29) is 5.91 Å². The summed E-state index contributed by atoms with van der Waals surface area (Å²) in [6.07, 6.45) is 1.66. The average Bonchev–Trinajstić information content (AvgIpc) is 2.69. The Bertz CT molecular complexity index is 1010. The predicted molar refractivity (Wildman–Crippen MR) is 109 cm³/mol. The minimum atomic E-state index is -0.178. The number of aromatic nitrogens is 2. The molecule has 3 rings (SSSR count). The fourth-order valence-electron chi connectivity index (χ4n) is 2.65. The molecule has 0 aliphatic rings. The van der Waals surface area contributed by atoms with Crippen LogP contribution in [0.2, 0.25) is 0 Å². The van der Waals surface area contributed by atoms with E-state index in [1.54, 1.807) is 50.7 Å². The molecule has 0 fully saturated rings. The van der Waals surface area contributed by atoms with Crippen LogP contribution in [0.1, 0.15) is 6.92 Å². The monoisotopic (exact) mass is 379 g/mol. The Morgan fingerprint density at radius 1 is 1.04 bits per heavy atom. The molecule has 2 aromatic carbocycles. The van der Waals surface area contributed by atoms with Gasteiger partial charge in [-0.3, -0.25) is 4.79 Å². The van der Waals surface area contributed by atoms with E-state index in [4.69, 9.17) is 15.2 Å². The van der Waals surface area contributed by atoms with Gasteiger partial charge in [-0.25, -0.2) is 9.97 Å². The number of benzene rings is 2. The predicted octanol–water partition coefficient (Wildman–Crippen LogP) is 3.45. The molecule has 28 heavy (non-hydrogen) atoms. The fraction of sp³-hybridized carbons (Fsp3) is 0.150. The number of methoxy groups -OCH3 is 2. The number of carbonyl (C=O) groups excluding carboxylic acids is 1. The molecule has 0 aliphatic carbocycles. The first-order chi connectivity index (χ1) is 13.5. The second-order valence-corrected chi connectivity index (χ2v) is 5.94. The van der Waals surface area contributed by atoms with Gasteiger partial charge in [0.15, 0.2) is 11.5 Å². The van der Waals surface area contributed by atoms with E-state index in [0.717, 1.165) is 11.3 Å². The summed E-state index contributed by atoms with van der Waals surface area (Å²) >= 11 is 0. The topological polar surface area (TPSA) is 111 Å². The number of carbonyl (C=O) groups is 1. The number of hydrogen-bond acceptors (Lipinski definition) is 7. The Kier molecular flexibility index (Phi) is 5.59. The SMILES string of the molecule is COc1ccc(Nc2nccc(-c3ccc(NC(C)=O)c(N)c3)n2)cc1OC. The molecular formula is C20H21N5O3. The highest BCUT2D eigenvalue weighted by Gasteiger charge is 2.09. The summed E-state index contributed by atoms with van der Waals surface area (Å²) in [6.45, 7) is 1.43. The summed E-state index contributed by atoms with van der Waals surface area (Å²) in [7, 11) is 3.16. The van der Waals surface area contributed by atoms with Crippen molar-refractivity contribution in [1.82, 2.24) is 9.97 Å². The van der Waals surface area contributed by atoms with Gasteiger partial charge in [0, 0.05) is 30.4 Å². The van der Waals surface area contributed by atoms with E-state index >= 15 is 0 Å². The van der Waals surface area contributed by atoms with Gasteiger partial charge in [0.25, 0.3) is 0 Å². The molecule has 3 aromatic rings. The zero-order chi connectivity index (χ0) is 20.1. The fourth-order valence-corrected chi connectivity index (χ4v) is 2.65. The quantitative estimate of drug-likeness (QED) is 0.563. The van der Waals surface area contributed by atoms with Crippen LogP contribution in [0.4, 0.5) is 23.0 Å². The van der Waals surface area contributed by atoms with E-state index < -0.39 is 0 Å². The van der Waals surface area contributed by atoms with Gasteiger partial charge in [-0.15, -0.1) is 0 Å². The first-order valence-electron chi connectivity index (χ1n) is 8.49. The summed E-state index contributed by atoms with van der Waals surface area (Å²) in [6, 6.07) is 12.6. The molecule has 1 amide bonds. The van der Waals surface area contributed by atoms with Crippen LogP contribution in [0.5, 0.6) is 11.5 Å². The molecule has 144 valence electrons. The minimum Gasteiger partial charge on any atom is -0.493 e. The maximum atomic E-state index is 11.2. The zero-order valence-corrected chi connectivity index (χ0v) is 15.8. The molecule has 1 aromatic heterocycles. The van der Waals surface area contributed by atoms with Crippen LogP contribution in [0.15, 0.2) is 48.7 Å². The largest absolute Gasteiger partial charge is 0.493 e. The van der Waals surface area contributed by atoms with Crippen LogP contribution in [-0.4, -0.2) is 30.1 Å². The molecule has 0 saturated heterocycles. The van der Waals surface area contributed by atoms with E-state index in [1.807, 2.05) is 12.1 Å². The van der Waals surface area contributed by atoms with Gasteiger partial charge in [0.2, 0.25) is 11.9 Å². The summed E-state index contributed by atoms with van der Waals surface area (Å²) in [5, 5.41) is 5.83. The van der Waals surface area contributed by atoms with Gasteiger partial charge in [0.05, 0.1) is 31.3 Å². The highest BCUT2D eigenvalue weighted by atomic mass is 16.5. The van der Waals surface area contributed by atoms with Crippen LogP contribution in [0, 0.1) is 0 Å². The van der Waals surface area contributed by atoms with E-state index in [0.29, 0.717) is 34.5 Å². The molecule has 8 heteroatoms. The van der Waals surface area contributed by atoms with Crippen molar-refractivity contribution in [3.8, 4) is 22.8 Å². The highest BCUT2D eigenvalue weighted by molar-refractivity contribution is 5.93. The molecular weight excluding hydrogens is 358 g/mol. The Morgan fingerprint density at radius 2 is 1.82 bits per heavy atom. The Morgan fingerprint density at radius 3 is 2.50 bits per heavy atom. The van der Waals surface area contributed by atoms with Crippen LogP contribution in [-0.2, 0) is 4.79 Å². The van der Waals surface area contributed by atoms with Crippen molar-refractivity contribution in [3.05, 3.63) is 48.7 Å². The normalized spacial score (nSPS) is 10.2. The molecule has 0 radical (unpaired) electrons. The van der Waals surface area contributed by atoms with Crippen molar-refractivity contribution in [2.45, 2.75) is 6.92 Å². The molecule has 4 N–H and O–H groups in total. The number of amides is 1. The van der Waals surface area contributed by atoms with Crippen molar-refractivity contribution in [2.75, 3.05) is 30.6 Å². The van der Waals surface area contributed by atoms with Crippen LogP contribution in [0.25, 0.3) is 11.3 Å². The third kappa shape index (κ3) is 4.29. The summed E-state index contributed by atoms with van der Waals surface area (Å²) in [5.41, 5.74) is 9.31. The maximum absolute atomic E-state index is 11.2. The minimum absolute atomic E-state index is 0.178. The summed E-state index contributed by atoms with van der Waals surface area (Å²) < 4.78 is 10.6. The third-order valence-electron chi connectivity index (χ3n) is 3.95. The van der Waals surface area contributed by atoms with Crippen LogP contribution in [0.3, 0.4) is 0 Å². The van der Waals surface area contributed by atoms with Crippen molar-refractivity contribution >= 4 is 28.9 Å². The van der Waals surface area contributed by atoms with E-state index in [9.17, 15) is 4.79 Å². The zero-order valence-electron chi connectivity index (χ0n) is 15.8. The Balaban J connectivity index is 1.85. The van der Waals surface area contributed by atoms with Gasteiger partial charge < -0.3 is 25.8 Å². The van der Waals surface area contributed by atoms with Gasteiger partial charge in [-0.1, -0.05) is 6.07 Å². The molecule has 8 nitrogen and oxygen atoms in total. The average molecular weight is 379 g/mol. The smallest absolute Gasteiger partial charge is 0.227 e. The van der Waals surface area contributed by atoms with Gasteiger partial charge in [-0.05, 0) is 30.3 Å². The first-order valence-corrected chi connectivity index (χ1v) is 8.49. The molecule has 0 bridgehead atoms. The van der Waals surface area contributed by atoms with Crippen molar-refractivity contribution in [3.63, 3.8) is 0 Å². The molecule has 0 spiro atoms. The lowest BCUT2D eigenvalue weighted by atomic mass is 10.1. The maximum Gasteiger partial charge on any atom is 0.227 e. The summed E-state index contributed by atoms with van der Waals surface area (Å²) in [5.74, 6) is 1.49. The van der Waals surface area contributed by atoms with Crippen LogP contribution >= 0.6 is 0 Å². The van der Waals surface area contributed by atoms with Gasteiger partial charge in [0.1, 0.15) is 0 Å². The van der Waals surface area contributed by atoms with Crippen LogP contribution < -0.4 is 25.8 Å².